The highest BCUT2D eigenvalue weighted by Gasteiger charge is 2.30. The van der Waals surface area contributed by atoms with Crippen LogP contribution in [0.4, 0.5) is 11.5 Å². The van der Waals surface area contributed by atoms with Gasteiger partial charge in [0.25, 0.3) is 0 Å². The maximum atomic E-state index is 13.0. The average Bonchev–Trinajstić information content (AvgIpc) is 3.07. The van der Waals surface area contributed by atoms with Gasteiger partial charge in [0.1, 0.15) is 5.82 Å². The van der Waals surface area contributed by atoms with Gasteiger partial charge in [-0.3, -0.25) is 13.9 Å². The fourth-order valence-corrected chi connectivity index (χ4v) is 5.63. The number of hydrogen-bond acceptors (Lipinski definition) is 4. The Kier molecular flexibility index (Phi) is 6.20. The molecule has 0 bridgehead atoms. The van der Waals surface area contributed by atoms with Gasteiger partial charge in [0.15, 0.2) is 5.65 Å². The van der Waals surface area contributed by atoms with Gasteiger partial charge in [-0.2, -0.15) is 0 Å². The van der Waals surface area contributed by atoms with Crippen LogP contribution in [-0.2, 0) is 24.8 Å². The first-order valence-electron chi connectivity index (χ1n) is 12.9. The number of nitrogens with zero attached hydrogens (tertiary/aromatic N) is 4. The Balaban J connectivity index is 1.47. The molecule has 1 fully saturated rings. The van der Waals surface area contributed by atoms with Crippen LogP contribution in [0.25, 0.3) is 11.2 Å². The maximum absolute atomic E-state index is 13.0. The highest BCUT2D eigenvalue weighted by molar-refractivity contribution is 5.80. The molecular formula is C28H37N5O2. The number of carbonyl (C=O) groups excluding carboxylic acids is 1. The molecule has 186 valence electrons. The van der Waals surface area contributed by atoms with Gasteiger partial charge in [0, 0.05) is 31.7 Å². The minimum absolute atomic E-state index is 0.0196. The molecule has 0 saturated heterocycles. The van der Waals surface area contributed by atoms with Gasteiger partial charge in [0.2, 0.25) is 5.91 Å². The molecule has 1 aromatic carbocycles. The first-order valence-corrected chi connectivity index (χ1v) is 12.9. The zero-order valence-electron chi connectivity index (χ0n) is 21.4. The molecule has 35 heavy (non-hydrogen) atoms. The van der Waals surface area contributed by atoms with Crippen molar-refractivity contribution in [1.82, 2.24) is 19.4 Å². The number of rotatable bonds is 4. The molecule has 7 heteroatoms. The lowest BCUT2D eigenvalue weighted by atomic mass is 9.88. The predicted molar refractivity (Wildman–Crippen MR) is 140 cm³/mol. The zero-order valence-corrected chi connectivity index (χ0v) is 21.4. The summed E-state index contributed by atoms with van der Waals surface area (Å²) in [6.07, 6.45) is 6.34. The summed E-state index contributed by atoms with van der Waals surface area (Å²) < 4.78 is 3.46. The van der Waals surface area contributed by atoms with E-state index in [2.05, 4.69) is 49.2 Å². The Hall–Kier alpha value is -3.09. The monoisotopic (exact) mass is 475 g/mol. The minimum Gasteiger partial charge on any atom is -0.351 e. The van der Waals surface area contributed by atoms with Crippen molar-refractivity contribution in [2.45, 2.75) is 71.9 Å². The van der Waals surface area contributed by atoms with Gasteiger partial charge in [-0.05, 0) is 48.4 Å². The first kappa shape index (κ1) is 23.6. The van der Waals surface area contributed by atoms with E-state index in [4.69, 9.17) is 4.98 Å². The molecule has 7 nitrogen and oxygen atoms in total. The molecule has 1 amide bonds. The van der Waals surface area contributed by atoms with E-state index in [0.29, 0.717) is 18.7 Å². The van der Waals surface area contributed by atoms with Crippen molar-refractivity contribution >= 4 is 28.6 Å². The van der Waals surface area contributed by atoms with Crippen molar-refractivity contribution in [1.29, 1.82) is 0 Å². The van der Waals surface area contributed by atoms with E-state index in [-0.39, 0.29) is 29.0 Å². The molecule has 1 saturated carbocycles. The van der Waals surface area contributed by atoms with Crippen LogP contribution in [0, 0.1) is 11.3 Å². The first-order chi connectivity index (χ1) is 16.7. The SMILES string of the molecule is Cn1c(=O)n(CC(C)(C)C)c2ccc(N3CC(NC(=O)C4CCCCC4)Cc4ccccc43)nc21. The summed E-state index contributed by atoms with van der Waals surface area (Å²) in [6, 6.07) is 12.4. The third-order valence-electron chi connectivity index (χ3n) is 7.35. The minimum atomic E-state index is -0.0451. The molecule has 5 rings (SSSR count). The fourth-order valence-electron chi connectivity index (χ4n) is 5.63. The number of pyridine rings is 1. The standard InChI is InChI=1S/C28H37N5O2/c1-28(2,3)18-33-23-14-15-24(30-25(23)31(4)27(33)35)32-17-21(16-20-12-8-9-13-22(20)32)29-26(34)19-10-6-5-7-11-19/h8-9,12-15,19,21H,5-7,10-11,16-18H2,1-4H3,(H,29,34). The Morgan fingerprint density at radius 3 is 2.57 bits per heavy atom. The fraction of sp³-hybridized carbons (Fsp3) is 0.536. The lowest BCUT2D eigenvalue weighted by Gasteiger charge is -2.36. The van der Waals surface area contributed by atoms with Crippen LogP contribution in [-0.4, -0.2) is 32.6 Å². The molecule has 0 spiro atoms. The number of amides is 1. The van der Waals surface area contributed by atoms with Crippen molar-refractivity contribution in [3.8, 4) is 0 Å². The van der Waals surface area contributed by atoms with Gasteiger partial charge >= 0.3 is 5.69 Å². The number of hydrogen-bond donors (Lipinski definition) is 1. The molecule has 1 atom stereocenters. The second kappa shape index (κ2) is 9.17. The van der Waals surface area contributed by atoms with Crippen molar-refractivity contribution in [3.05, 3.63) is 52.4 Å². The summed E-state index contributed by atoms with van der Waals surface area (Å²) in [5.41, 5.74) is 3.78. The second-order valence-corrected chi connectivity index (χ2v) is 11.5. The second-order valence-electron chi connectivity index (χ2n) is 11.5. The normalized spacial score (nSPS) is 19.1. The number of fused-ring (bicyclic) bond motifs is 2. The molecule has 1 aliphatic carbocycles. The molecule has 3 aromatic rings. The van der Waals surface area contributed by atoms with Gasteiger partial charge in [-0.15, -0.1) is 0 Å². The van der Waals surface area contributed by atoms with Crippen LogP contribution in [0.2, 0.25) is 0 Å². The van der Waals surface area contributed by atoms with Gasteiger partial charge in [0.05, 0.1) is 11.6 Å². The van der Waals surface area contributed by atoms with E-state index in [0.717, 1.165) is 49.1 Å². The lowest BCUT2D eigenvalue weighted by molar-refractivity contribution is -0.126. The van der Waals surface area contributed by atoms with Crippen molar-refractivity contribution in [2.75, 3.05) is 11.4 Å². The van der Waals surface area contributed by atoms with E-state index in [1.807, 2.05) is 22.8 Å². The molecule has 1 N–H and O–H groups in total. The largest absolute Gasteiger partial charge is 0.351 e. The molecular weight excluding hydrogens is 438 g/mol. The third kappa shape index (κ3) is 4.73. The highest BCUT2D eigenvalue weighted by atomic mass is 16.2. The Labute approximate surface area is 207 Å². The Bertz CT molecular complexity index is 1290. The Morgan fingerprint density at radius 2 is 1.83 bits per heavy atom. The zero-order chi connectivity index (χ0) is 24.7. The van der Waals surface area contributed by atoms with Gasteiger partial charge < -0.3 is 10.2 Å². The molecule has 3 heterocycles. The maximum Gasteiger partial charge on any atom is 0.330 e. The number of benzene rings is 1. The molecule has 2 aromatic heterocycles. The van der Waals surface area contributed by atoms with Crippen LogP contribution in [0.5, 0.6) is 0 Å². The summed E-state index contributed by atoms with van der Waals surface area (Å²) in [5.74, 6) is 1.13. The summed E-state index contributed by atoms with van der Waals surface area (Å²) in [7, 11) is 1.79. The van der Waals surface area contributed by atoms with E-state index >= 15 is 0 Å². The van der Waals surface area contributed by atoms with Crippen molar-refractivity contribution in [3.63, 3.8) is 0 Å². The molecule has 1 unspecified atom stereocenters. The molecule has 1 aliphatic heterocycles. The highest BCUT2D eigenvalue weighted by Crippen LogP contribution is 2.34. The van der Waals surface area contributed by atoms with Crippen LogP contribution >= 0.6 is 0 Å². The lowest BCUT2D eigenvalue weighted by Crippen LogP contribution is -2.48. The van der Waals surface area contributed by atoms with Gasteiger partial charge in [-0.25, -0.2) is 9.78 Å². The number of imidazole rings is 1. The number of aromatic nitrogens is 3. The molecule has 2 aliphatic rings. The average molecular weight is 476 g/mol. The van der Waals surface area contributed by atoms with Crippen molar-refractivity contribution in [2.24, 2.45) is 18.4 Å². The molecule has 0 radical (unpaired) electrons. The number of nitrogens with one attached hydrogen (secondary N) is 1. The predicted octanol–water partition coefficient (Wildman–Crippen LogP) is 4.54. The van der Waals surface area contributed by atoms with E-state index < -0.39 is 0 Å². The van der Waals surface area contributed by atoms with Crippen LogP contribution in [0.3, 0.4) is 0 Å². The number of carbonyl (C=O) groups is 1. The summed E-state index contributed by atoms with van der Waals surface area (Å²) in [4.78, 5) is 33.2. The van der Waals surface area contributed by atoms with E-state index in [9.17, 15) is 9.59 Å². The van der Waals surface area contributed by atoms with Crippen LogP contribution < -0.4 is 15.9 Å². The smallest absolute Gasteiger partial charge is 0.330 e. The van der Waals surface area contributed by atoms with Crippen LogP contribution in [0.15, 0.2) is 41.2 Å². The van der Waals surface area contributed by atoms with E-state index in [1.165, 1.54) is 12.0 Å². The summed E-state index contributed by atoms with van der Waals surface area (Å²) >= 11 is 0. The topological polar surface area (TPSA) is 72.2 Å². The number of anilines is 2. The van der Waals surface area contributed by atoms with Gasteiger partial charge in [-0.1, -0.05) is 58.2 Å². The summed E-state index contributed by atoms with van der Waals surface area (Å²) in [5, 5.41) is 3.35. The number of para-hydroxylation sites is 1. The van der Waals surface area contributed by atoms with E-state index in [1.54, 1.807) is 11.6 Å². The summed E-state index contributed by atoms with van der Waals surface area (Å²) in [6.45, 7) is 7.68. The quantitative estimate of drug-likeness (QED) is 0.601. The van der Waals surface area contributed by atoms with Crippen LogP contribution in [0.1, 0.15) is 58.4 Å². The van der Waals surface area contributed by atoms with Crippen molar-refractivity contribution < 1.29 is 4.79 Å². The Morgan fingerprint density at radius 1 is 1.09 bits per heavy atom. The third-order valence-corrected chi connectivity index (χ3v) is 7.35. The number of aryl methyl sites for hydroxylation is 1.